The van der Waals surface area contributed by atoms with Gasteiger partial charge in [0.2, 0.25) is 5.78 Å². The van der Waals surface area contributed by atoms with Gasteiger partial charge in [0.25, 0.3) is 0 Å². The number of pyridine rings is 1. The van der Waals surface area contributed by atoms with Gasteiger partial charge < -0.3 is 14.9 Å². The molecule has 0 aliphatic carbocycles. The van der Waals surface area contributed by atoms with Crippen LogP contribution in [0.5, 0.6) is 0 Å². The summed E-state index contributed by atoms with van der Waals surface area (Å²) in [7, 11) is 1.28. The van der Waals surface area contributed by atoms with Crippen LogP contribution >= 0.6 is 0 Å². The maximum Gasteiger partial charge on any atom is 0.339 e. The molecule has 5 nitrogen and oxygen atoms in total. The standard InChI is InChI=1S/C19H18N2O3/c1-11-12(2)17(21-9-5-4-6-16(11)21)18(22)13-7-8-15(20)14(10-13)19(23)24-3/h4-10H,20H2,1-3H3. The first-order valence-electron chi connectivity index (χ1n) is 7.54. The highest BCUT2D eigenvalue weighted by Gasteiger charge is 2.21. The van der Waals surface area contributed by atoms with Gasteiger partial charge in [-0.05, 0) is 55.3 Å². The minimum absolute atomic E-state index is 0.160. The third-order valence-corrected chi connectivity index (χ3v) is 4.34. The summed E-state index contributed by atoms with van der Waals surface area (Å²) in [5, 5.41) is 0. The normalized spacial score (nSPS) is 10.8. The first-order chi connectivity index (χ1) is 11.5. The van der Waals surface area contributed by atoms with E-state index in [-0.39, 0.29) is 17.0 Å². The highest BCUT2D eigenvalue weighted by atomic mass is 16.5. The molecule has 5 heteroatoms. The second-order valence-electron chi connectivity index (χ2n) is 5.68. The van der Waals surface area contributed by atoms with Crippen molar-refractivity contribution < 1.29 is 14.3 Å². The molecule has 3 rings (SSSR count). The number of nitrogens with zero attached hydrogens (tertiary/aromatic N) is 1. The fraction of sp³-hybridized carbons (Fsp3) is 0.158. The lowest BCUT2D eigenvalue weighted by Crippen LogP contribution is -2.11. The molecule has 3 aromatic rings. The van der Waals surface area contributed by atoms with Crippen LogP contribution in [0.15, 0.2) is 42.6 Å². The zero-order valence-corrected chi connectivity index (χ0v) is 13.8. The number of hydrogen-bond donors (Lipinski definition) is 1. The fourth-order valence-corrected chi connectivity index (χ4v) is 2.89. The minimum Gasteiger partial charge on any atom is -0.465 e. The molecule has 0 amide bonds. The smallest absolute Gasteiger partial charge is 0.339 e. The van der Waals surface area contributed by atoms with Gasteiger partial charge in [-0.1, -0.05) is 6.07 Å². The van der Waals surface area contributed by atoms with Crippen molar-refractivity contribution in [1.82, 2.24) is 4.40 Å². The van der Waals surface area contributed by atoms with E-state index in [2.05, 4.69) is 0 Å². The van der Waals surface area contributed by atoms with Crippen LogP contribution in [0.25, 0.3) is 5.52 Å². The van der Waals surface area contributed by atoms with Gasteiger partial charge in [-0.25, -0.2) is 4.79 Å². The fourth-order valence-electron chi connectivity index (χ4n) is 2.89. The minimum atomic E-state index is -0.560. The molecule has 0 fully saturated rings. The van der Waals surface area contributed by atoms with E-state index in [0.717, 1.165) is 16.6 Å². The number of hydrogen-bond acceptors (Lipinski definition) is 4. The lowest BCUT2D eigenvalue weighted by Gasteiger charge is -2.08. The highest BCUT2D eigenvalue weighted by molar-refractivity contribution is 6.11. The molecule has 0 bridgehead atoms. The second kappa shape index (κ2) is 5.85. The number of carbonyl (C=O) groups excluding carboxylic acids is 2. The SMILES string of the molecule is COC(=O)c1cc(C(=O)c2c(C)c(C)c3ccccn23)ccc1N. The Morgan fingerprint density at radius 1 is 1.08 bits per heavy atom. The monoisotopic (exact) mass is 322 g/mol. The van der Waals surface area contributed by atoms with Crippen LogP contribution in [-0.2, 0) is 4.74 Å². The quantitative estimate of drug-likeness (QED) is 0.457. The summed E-state index contributed by atoms with van der Waals surface area (Å²) in [4.78, 5) is 24.9. The molecule has 2 heterocycles. The van der Waals surface area contributed by atoms with E-state index in [4.69, 9.17) is 10.5 Å². The summed E-state index contributed by atoms with van der Waals surface area (Å²) in [6.07, 6.45) is 1.86. The summed E-state index contributed by atoms with van der Waals surface area (Å²) in [6, 6.07) is 10.5. The molecule has 0 saturated heterocycles. The molecule has 0 spiro atoms. The molecule has 0 aliphatic heterocycles. The van der Waals surface area contributed by atoms with Gasteiger partial charge in [0, 0.05) is 23.0 Å². The molecule has 1 aromatic carbocycles. The topological polar surface area (TPSA) is 73.8 Å². The maximum absolute atomic E-state index is 13.1. The zero-order chi connectivity index (χ0) is 17.4. The number of aromatic nitrogens is 1. The van der Waals surface area contributed by atoms with Gasteiger partial charge in [-0.2, -0.15) is 0 Å². The third kappa shape index (κ3) is 2.34. The molecular formula is C19H18N2O3. The van der Waals surface area contributed by atoms with E-state index in [9.17, 15) is 9.59 Å². The molecule has 2 aromatic heterocycles. The molecule has 0 unspecified atom stereocenters. The Labute approximate surface area is 139 Å². The summed E-state index contributed by atoms with van der Waals surface area (Å²) in [6.45, 7) is 3.92. The lowest BCUT2D eigenvalue weighted by atomic mass is 10.0. The van der Waals surface area contributed by atoms with Gasteiger partial charge in [0.1, 0.15) is 0 Å². The number of nitrogen functional groups attached to an aromatic ring is 1. The highest BCUT2D eigenvalue weighted by Crippen LogP contribution is 2.25. The molecule has 0 saturated carbocycles. The van der Waals surface area contributed by atoms with E-state index in [1.807, 2.05) is 42.6 Å². The number of fused-ring (bicyclic) bond motifs is 1. The molecule has 24 heavy (non-hydrogen) atoms. The number of esters is 1. The van der Waals surface area contributed by atoms with Gasteiger partial charge in [0.05, 0.1) is 18.4 Å². The van der Waals surface area contributed by atoms with E-state index >= 15 is 0 Å². The van der Waals surface area contributed by atoms with Gasteiger partial charge in [-0.3, -0.25) is 4.79 Å². The molecule has 0 atom stereocenters. The molecule has 122 valence electrons. The Morgan fingerprint density at radius 2 is 1.83 bits per heavy atom. The lowest BCUT2D eigenvalue weighted by molar-refractivity contribution is 0.0602. The van der Waals surface area contributed by atoms with E-state index in [0.29, 0.717) is 11.3 Å². The number of rotatable bonds is 3. The number of methoxy groups -OCH3 is 1. The Kier molecular flexibility index (Phi) is 3.85. The van der Waals surface area contributed by atoms with Crippen LogP contribution in [0.4, 0.5) is 5.69 Å². The van der Waals surface area contributed by atoms with Crippen LogP contribution in [0.2, 0.25) is 0 Å². The number of ether oxygens (including phenoxy) is 1. The summed E-state index contributed by atoms with van der Waals surface area (Å²) in [5.41, 5.74) is 10.2. The average Bonchev–Trinajstić information content (AvgIpc) is 2.85. The number of carbonyl (C=O) groups is 2. The first kappa shape index (κ1) is 15.8. The summed E-state index contributed by atoms with van der Waals surface area (Å²) in [5.74, 6) is -0.720. The van der Waals surface area contributed by atoms with Crippen molar-refractivity contribution in [2.45, 2.75) is 13.8 Å². The van der Waals surface area contributed by atoms with Gasteiger partial charge in [-0.15, -0.1) is 0 Å². The first-order valence-corrected chi connectivity index (χ1v) is 7.54. The van der Waals surface area contributed by atoms with Crippen molar-refractivity contribution in [3.63, 3.8) is 0 Å². The van der Waals surface area contributed by atoms with Crippen LogP contribution in [0.1, 0.15) is 37.5 Å². The van der Waals surface area contributed by atoms with Crippen molar-refractivity contribution >= 4 is 23.0 Å². The Bertz CT molecular complexity index is 970. The number of nitrogens with two attached hydrogens (primary N) is 1. The maximum atomic E-state index is 13.1. The number of anilines is 1. The average molecular weight is 322 g/mol. The largest absolute Gasteiger partial charge is 0.465 e. The number of ketones is 1. The van der Waals surface area contributed by atoms with Crippen molar-refractivity contribution in [3.05, 3.63) is 70.5 Å². The predicted octanol–water partition coefficient (Wildman–Crippen LogP) is 3.16. The second-order valence-corrected chi connectivity index (χ2v) is 5.68. The van der Waals surface area contributed by atoms with E-state index < -0.39 is 5.97 Å². The predicted molar refractivity (Wildman–Crippen MR) is 92.5 cm³/mol. The molecule has 2 N–H and O–H groups in total. The zero-order valence-electron chi connectivity index (χ0n) is 13.8. The Hall–Kier alpha value is -3.08. The van der Waals surface area contributed by atoms with E-state index in [1.54, 1.807) is 12.1 Å². The Morgan fingerprint density at radius 3 is 2.54 bits per heavy atom. The van der Waals surface area contributed by atoms with Crippen LogP contribution < -0.4 is 5.73 Å². The van der Waals surface area contributed by atoms with Gasteiger partial charge in [0.15, 0.2) is 0 Å². The number of aryl methyl sites for hydroxylation is 1. The summed E-state index contributed by atoms with van der Waals surface area (Å²) < 4.78 is 6.60. The van der Waals surface area contributed by atoms with Crippen LogP contribution in [0.3, 0.4) is 0 Å². The van der Waals surface area contributed by atoms with Crippen LogP contribution in [0, 0.1) is 13.8 Å². The summed E-state index contributed by atoms with van der Waals surface area (Å²) >= 11 is 0. The van der Waals surface area contributed by atoms with Crippen molar-refractivity contribution in [2.75, 3.05) is 12.8 Å². The van der Waals surface area contributed by atoms with Crippen molar-refractivity contribution in [2.24, 2.45) is 0 Å². The number of benzene rings is 1. The van der Waals surface area contributed by atoms with Gasteiger partial charge >= 0.3 is 5.97 Å². The Balaban J connectivity index is 2.17. The van der Waals surface area contributed by atoms with Crippen LogP contribution in [-0.4, -0.2) is 23.3 Å². The van der Waals surface area contributed by atoms with Crippen molar-refractivity contribution in [3.8, 4) is 0 Å². The van der Waals surface area contributed by atoms with Crippen molar-refractivity contribution in [1.29, 1.82) is 0 Å². The molecular weight excluding hydrogens is 304 g/mol. The third-order valence-electron chi connectivity index (χ3n) is 4.34. The molecule has 0 aliphatic rings. The van der Waals surface area contributed by atoms with E-state index in [1.165, 1.54) is 13.2 Å². The molecule has 0 radical (unpaired) electrons.